The minimum Gasteiger partial charge on any atom is -0.429 e. The molecule has 6 aromatic rings. The Bertz CT molecular complexity index is 1790. The topological polar surface area (TPSA) is 16.1 Å². The number of anilines is 1. The second-order valence-electron chi connectivity index (χ2n) is 10.9. The van der Waals surface area contributed by atoms with Crippen LogP contribution in [-0.4, -0.2) is 19.1 Å². The molecule has 0 saturated heterocycles. The summed E-state index contributed by atoms with van der Waals surface area (Å²) in [5, 5.41) is 0. The molecule has 0 bridgehead atoms. The van der Waals surface area contributed by atoms with Gasteiger partial charge >= 0.3 is 17.1 Å². The van der Waals surface area contributed by atoms with Crippen LogP contribution in [0.3, 0.4) is 0 Å². The Morgan fingerprint density at radius 2 is 0.978 bits per heavy atom. The molecular weight excluding hydrogens is 588 g/mol. The van der Waals surface area contributed by atoms with Gasteiger partial charge in [-0.25, -0.2) is 0 Å². The predicted molar refractivity (Wildman–Crippen MR) is 184 cm³/mol. The van der Waals surface area contributed by atoms with Crippen LogP contribution in [0.25, 0.3) is 16.7 Å². The summed E-state index contributed by atoms with van der Waals surface area (Å²) in [6.07, 6.45) is 8.58. The number of hydrogen-bond donors (Lipinski definition) is 0. The Balaban J connectivity index is 0.000000347. The first-order chi connectivity index (χ1) is 21.7. The largest absolute Gasteiger partial charge is 2.00 e. The Hall–Kier alpha value is -4.95. The Morgan fingerprint density at radius 1 is 0.533 bits per heavy atom. The third kappa shape index (κ3) is 6.61. The van der Waals surface area contributed by atoms with Crippen LogP contribution in [0, 0.1) is 12.3 Å². The normalized spacial score (nSPS) is 13.2. The van der Waals surface area contributed by atoms with Crippen LogP contribution in [0.5, 0.6) is 0 Å². The van der Waals surface area contributed by atoms with Crippen LogP contribution < -0.4 is 4.90 Å². The van der Waals surface area contributed by atoms with E-state index in [1.165, 1.54) is 39.0 Å². The number of allylic oxidation sites excluding steroid dienone is 4. The summed E-state index contributed by atoms with van der Waals surface area (Å²) in [7, 11) is 3.98. The molecule has 0 saturated carbocycles. The second kappa shape index (κ2) is 14.7. The fourth-order valence-electron chi connectivity index (χ4n) is 5.87. The predicted octanol–water partition coefficient (Wildman–Crippen LogP) is 9.43. The van der Waals surface area contributed by atoms with E-state index in [1.807, 2.05) is 31.1 Å². The molecule has 0 amide bonds. The number of rotatable bonds is 6. The number of aromatic nitrogens is 1. The smallest absolute Gasteiger partial charge is 0.429 e. The van der Waals surface area contributed by atoms with Gasteiger partial charge in [0.1, 0.15) is 0 Å². The van der Waals surface area contributed by atoms with Crippen LogP contribution >= 0.6 is 0 Å². The molecule has 0 atom stereocenters. The van der Waals surface area contributed by atoms with Gasteiger partial charge in [0.05, 0.1) is 0 Å². The summed E-state index contributed by atoms with van der Waals surface area (Å²) < 4.78 is 0. The Morgan fingerprint density at radius 3 is 1.40 bits per heavy atom. The minimum absolute atomic E-state index is 0. The molecule has 220 valence electrons. The molecule has 0 aliphatic heterocycles. The molecule has 7 rings (SSSR count). The van der Waals surface area contributed by atoms with Crippen LogP contribution in [0.15, 0.2) is 170 Å². The van der Waals surface area contributed by atoms with E-state index in [2.05, 4.69) is 169 Å². The van der Waals surface area contributed by atoms with Gasteiger partial charge < -0.3 is 9.88 Å². The fourth-order valence-corrected chi connectivity index (χ4v) is 5.87. The van der Waals surface area contributed by atoms with Gasteiger partial charge in [0.2, 0.25) is 0 Å². The summed E-state index contributed by atoms with van der Waals surface area (Å²) in [5.74, 6) is 0. The van der Waals surface area contributed by atoms with E-state index in [0.717, 1.165) is 11.3 Å². The summed E-state index contributed by atoms with van der Waals surface area (Å²) in [5.41, 5.74) is 10.2. The summed E-state index contributed by atoms with van der Waals surface area (Å²) >= 11 is 0. The molecule has 1 aliphatic carbocycles. The van der Waals surface area contributed by atoms with Gasteiger partial charge in [0.25, 0.3) is 0 Å². The molecule has 0 fully saturated rings. The third-order valence-corrected chi connectivity index (χ3v) is 7.91. The van der Waals surface area contributed by atoms with Crippen LogP contribution in [0.4, 0.5) is 5.69 Å². The van der Waals surface area contributed by atoms with E-state index in [4.69, 9.17) is 0 Å². The van der Waals surface area contributed by atoms with Crippen molar-refractivity contribution in [2.75, 3.05) is 19.0 Å². The van der Waals surface area contributed by atoms with Crippen molar-refractivity contribution in [1.29, 1.82) is 0 Å². The molecular formula is C42H34FeN2. The van der Waals surface area contributed by atoms with Crippen LogP contribution in [-0.2, 0) is 22.5 Å². The first-order valence-electron chi connectivity index (χ1n) is 14.9. The summed E-state index contributed by atoms with van der Waals surface area (Å²) in [6, 6.07) is 57.7. The van der Waals surface area contributed by atoms with Crippen molar-refractivity contribution < 1.29 is 17.1 Å². The molecule has 5 aromatic carbocycles. The Kier molecular flexibility index (Phi) is 10.3. The molecule has 0 radical (unpaired) electrons. The van der Waals surface area contributed by atoms with Crippen molar-refractivity contribution in [3.8, 4) is 0 Å². The zero-order valence-electron chi connectivity index (χ0n) is 25.4. The number of benzene rings is 5. The quantitative estimate of drug-likeness (QED) is 0.136. The molecule has 1 heterocycles. The number of hydrogen-bond acceptors (Lipinski definition) is 2. The summed E-state index contributed by atoms with van der Waals surface area (Å²) in [6.45, 7) is 0. The number of nitrogens with zero attached hydrogens (tertiary/aromatic N) is 2. The maximum absolute atomic E-state index is 4.09. The standard InChI is InChI=1S/C35H25.C7H9N2.Fe/c1-6-16-27(17-7-1)32-26-35(30-22-12-4-13-23-30,31-24-14-5-15-25-31)34(29-20-10-3-11-21-29)33(32)28-18-8-2-9-19-28;1-9(2)7-3-5-8-6-4-7;/h1-25H;3-5H,1-2H3;/q2*-1;+2. The third-order valence-electron chi connectivity index (χ3n) is 7.91. The van der Waals surface area contributed by atoms with Crippen molar-refractivity contribution in [1.82, 2.24) is 4.98 Å². The van der Waals surface area contributed by atoms with Crippen LogP contribution in [0.2, 0.25) is 0 Å². The van der Waals surface area contributed by atoms with E-state index < -0.39 is 5.41 Å². The van der Waals surface area contributed by atoms with Gasteiger partial charge in [-0.3, -0.25) is 0 Å². The average molecular weight is 623 g/mol. The molecule has 0 spiro atoms. The van der Waals surface area contributed by atoms with Crippen molar-refractivity contribution >= 4 is 22.4 Å². The van der Waals surface area contributed by atoms with Crippen molar-refractivity contribution in [2.24, 2.45) is 0 Å². The number of pyridine rings is 1. The molecule has 0 unspecified atom stereocenters. The molecule has 2 nitrogen and oxygen atoms in total. The van der Waals surface area contributed by atoms with E-state index in [-0.39, 0.29) is 17.1 Å². The zero-order chi connectivity index (χ0) is 30.2. The van der Waals surface area contributed by atoms with E-state index in [0.29, 0.717) is 0 Å². The summed E-state index contributed by atoms with van der Waals surface area (Å²) in [4.78, 5) is 5.79. The molecule has 0 N–H and O–H groups in total. The molecule has 1 aliphatic rings. The molecule has 3 heteroatoms. The minimum atomic E-state index is -0.555. The zero-order valence-corrected chi connectivity index (χ0v) is 26.5. The van der Waals surface area contributed by atoms with E-state index >= 15 is 0 Å². The van der Waals surface area contributed by atoms with E-state index in [1.54, 1.807) is 6.20 Å². The van der Waals surface area contributed by atoms with Crippen molar-refractivity contribution in [3.05, 3.63) is 210 Å². The maximum atomic E-state index is 4.09. The van der Waals surface area contributed by atoms with Crippen molar-refractivity contribution in [2.45, 2.75) is 5.41 Å². The Labute approximate surface area is 277 Å². The van der Waals surface area contributed by atoms with Gasteiger partial charge in [0, 0.05) is 5.41 Å². The first-order valence-corrected chi connectivity index (χ1v) is 14.9. The van der Waals surface area contributed by atoms with Gasteiger partial charge in [0.15, 0.2) is 0 Å². The van der Waals surface area contributed by atoms with Crippen LogP contribution in [0.1, 0.15) is 27.8 Å². The van der Waals surface area contributed by atoms with E-state index in [9.17, 15) is 0 Å². The SMILES string of the molecule is CN(C)c1c[c-]ncc1.[C-]1=C(c2ccccc2)C(c2ccccc2)=C(c2ccccc2)C1(c1ccccc1)c1ccccc1.[Fe+2]. The fraction of sp³-hybridized carbons (Fsp3) is 0.0714. The monoisotopic (exact) mass is 622 g/mol. The van der Waals surface area contributed by atoms with Gasteiger partial charge in [-0.2, -0.15) is 11.6 Å². The van der Waals surface area contributed by atoms with Gasteiger partial charge in [-0.15, -0.1) is 35.4 Å². The first kappa shape index (κ1) is 31.5. The van der Waals surface area contributed by atoms with Gasteiger partial charge in [-0.1, -0.05) is 169 Å². The van der Waals surface area contributed by atoms with Gasteiger partial charge in [-0.05, 0) is 30.8 Å². The molecule has 45 heavy (non-hydrogen) atoms. The maximum Gasteiger partial charge on any atom is 2.00 e. The molecule has 1 aromatic heterocycles. The average Bonchev–Trinajstić information content (AvgIpc) is 3.48. The second-order valence-corrected chi connectivity index (χ2v) is 10.9. The van der Waals surface area contributed by atoms with Crippen molar-refractivity contribution in [3.63, 3.8) is 0 Å².